The molecule has 4 rings (SSSR count). The summed E-state index contributed by atoms with van der Waals surface area (Å²) in [6.45, 7) is 6.30. The smallest absolute Gasteiger partial charge is 0.344 e. The van der Waals surface area contributed by atoms with Gasteiger partial charge in [-0.2, -0.15) is 0 Å². The third-order valence-electron chi connectivity index (χ3n) is 4.54. The zero-order valence-electron chi connectivity index (χ0n) is 16.1. The lowest BCUT2D eigenvalue weighted by Crippen LogP contribution is -2.12. The van der Waals surface area contributed by atoms with E-state index < -0.39 is 5.97 Å². The molecule has 2 aromatic carbocycles. The van der Waals surface area contributed by atoms with Gasteiger partial charge in [0.1, 0.15) is 16.9 Å². The highest BCUT2D eigenvalue weighted by Gasteiger charge is 2.26. The second kappa shape index (κ2) is 6.96. The Bertz CT molecular complexity index is 1180. The summed E-state index contributed by atoms with van der Waals surface area (Å²) in [5, 5.41) is 0. The van der Waals surface area contributed by atoms with Crippen LogP contribution < -0.4 is 5.73 Å². The van der Waals surface area contributed by atoms with Crippen molar-refractivity contribution in [1.82, 2.24) is 14.5 Å². The van der Waals surface area contributed by atoms with E-state index in [1.807, 2.05) is 69.3 Å². The molecule has 6 heteroatoms. The average Bonchev–Trinajstić information content (AvgIpc) is 2.96. The summed E-state index contributed by atoms with van der Waals surface area (Å²) < 4.78 is 7.22. The molecule has 0 saturated heterocycles. The maximum atomic E-state index is 12.8. The highest BCUT2D eigenvalue weighted by Crippen LogP contribution is 2.31. The number of benzene rings is 2. The van der Waals surface area contributed by atoms with Crippen molar-refractivity contribution >= 4 is 34.0 Å². The summed E-state index contributed by atoms with van der Waals surface area (Å²) in [5.74, 6) is 0.0251. The molecule has 0 atom stereocenters. The van der Waals surface area contributed by atoms with Gasteiger partial charge in [-0.3, -0.25) is 4.57 Å². The number of carbonyl (C=O) groups excluding carboxylic acids is 1. The Morgan fingerprint density at radius 2 is 1.71 bits per heavy atom. The van der Waals surface area contributed by atoms with E-state index in [9.17, 15) is 4.79 Å². The number of fused-ring (bicyclic) bond motifs is 2. The zero-order chi connectivity index (χ0) is 19.8. The number of aryl methyl sites for hydroxylation is 1. The molecule has 0 aliphatic heterocycles. The molecule has 0 saturated carbocycles. The first kappa shape index (κ1) is 18.0. The van der Waals surface area contributed by atoms with Gasteiger partial charge < -0.3 is 10.5 Å². The standard InChI is InChI=1S/C22H22N4O2/c1-13(2)12-28-22(27)18-19-21(25-17-7-5-4-6-16(17)24-19)26(20(18)23)15-10-8-14(3)9-11-15/h4-11,13H,12,23H2,1-3H3. The number of nitrogen functional groups attached to an aromatic ring is 1. The van der Waals surface area contributed by atoms with Crippen LogP contribution in [0, 0.1) is 12.8 Å². The van der Waals surface area contributed by atoms with Crippen molar-refractivity contribution in [1.29, 1.82) is 0 Å². The fourth-order valence-corrected chi connectivity index (χ4v) is 3.13. The summed E-state index contributed by atoms with van der Waals surface area (Å²) in [7, 11) is 0. The molecule has 4 aromatic rings. The van der Waals surface area contributed by atoms with Crippen molar-refractivity contribution in [2.24, 2.45) is 5.92 Å². The van der Waals surface area contributed by atoms with Gasteiger partial charge in [0.05, 0.1) is 17.6 Å². The number of aromatic nitrogens is 3. The molecule has 0 bridgehead atoms. The monoisotopic (exact) mass is 374 g/mol. The number of esters is 1. The zero-order valence-corrected chi connectivity index (χ0v) is 16.1. The van der Waals surface area contributed by atoms with E-state index in [2.05, 4.69) is 4.98 Å². The van der Waals surface area contributed by atoms with Crippen LogP contribution in [0.2, 0.25) is 0 Å². The van der Waals surface area contributed by atoms with Gasteiger partial charge in [-0.15, -0.1) is 0 Å². The second-order valence-corrected chi connectivity index (χ2v) is 7.31. The van der Waals surface area contributed by atoms with Gasteiger partial charge in [0.25, 0.3) is 0 Å². The van der Waals surface area contributed by atoms with Crippen LogP contribution in [0.4, 0.5) is 5.82 Å². The molecule has 0 unspecified atom stereocenters. The molecule has 2 heterocycles. The maximum absolute atomic E-state index is 12.8. The maximum Gasteiger partial charge on any atom is 0.344 e. The molecule has 0 fully saturated rings. The molecule has 0 aliphatic rings. The highest BCUT2D eigenvalue weighted by molar-refractivity contribution is 6.09. The number of anilines is 1. The fourth-order valence-electron chi connectivity index (χ4n) is 3.13. The number of hydrogen-bond acceptors (Lipinski definition) is 5. The van der Waals surface area contributed by atoms with Gasteiger partial charge in [0.2, 0.25) is 0 Å². The molecule has 28 heavy (non-hydrogen) atoms. The summed E-state index contributed by atoms with van der Waals surface area (Å²) in [6, 6.07) is 15.4. The Labute approximate surface area is 163 Å². The van der Waals surface area contributed by atoms with Crippen molar-refractivity contribution in [3.8, 4) is 5.69 Å². The fraction of sp³-hybridized carbons (Fsp3) is 0.227. The Balaban J connectivity index is 1.99. The van der Waals surface area contributed by atoms with Gasteiger partial charge in [-0.25, -0.2) is 14.8 Å². The topological polar surface area (TPSA) is 83.0 Å². The quantitative estimate of drug-likeness (QED) is 0.539. The summed E-state index contributed by atoms with van der Waals surface area (Å²) >= 11 is 0. The number of rotatable bonds is 4. The predicted octanol–water partition coefficient (Wildman–Crippen LogP) is 4.28. The van der Waals surface area contributed by atoms with Crippen LogP contribution in [0.25, 0.3) is 27.9 Å². The van der Waals surface area contributed by atoms with Crippen molar-refractivity contribution < 1.29 is 9.53 Å². The van der Waals surface area contributed by atoms with Gasteiger partial charge in [0, 0.05) is 5.69 Å². The molecule has 6 nitrogen and oxygen atoms in total. The highest BCUT2D eigenvalue weighted by atomic mass is 16.5. The van der Waals surface area contributed by atoms with E-state index in [1.165, 1.54) is 0 Å². The third kappa shape index (κ3) is 3.07. The van der Waals surface area contributed by atoms with E-state index >= 15 is 0 Å². The van der Waals surface area contributed by atoms with Crippen LogP contribution in [0.1, 0.15) is 29.8 Å². The van der Waals surface area contributed by atoms with Crippen LogP contribution in [0.15, 0.2) is 48.5 Å². The van der Waals surface area contributed by atoms with Gasteiger partial charge in [-0.05, 0) is 37.1 Å². The molecular formula is C22H22N4O2. The predicted molar refractivity (Wildman–Crippen MR) is 111 cm³/mol. The minimum atomic E-state index is -0.480. The van der Waals surface area contributed by atoms with Crippen LogP contribution >= 0.6 is 0 Å². The Hall–Kier alpha value is -3.41. The summed E-state index contributed by atoms with van der Waals surface area (Å²) in [6.07, 6.45) is 0. The van der Waals surface area contributed by atoms with Crippen LogP contribution in [-0.4, -0.2) is 27.1 Å². The number of para-hydroxylation sites is 2. The largest absolute Gasteiger partial charge is 0.462 e. The van der Waals surface area contributed by atoms with E-state index in [1.54, 1.807) is 4.57 Å². The molecule has 0 aliphatic carbocycles. The molecule has 0 spiro atoms. The first-order chi connectivity index (χ1) is 13.5. The van der Waals surface area contributed by atoms with Crippen LogP contribution in [0.3, 0.4) is 0 Å². The van der Waals surface area contributed by atoms with Gasteiger partial charge in [0.15, 0.2) is 5.65 Å². The van der Waals surface area contributed by atoms with E-state index in [0.29, 0.717) is 23.3 Å². The average molecular weight is 374 g/mol. The molecule has 142 valence electrons. The van der Waals surface area contributed by atoms with Gasteiger partial charge in [-0.1, -0.05) is 43.7 Å². The molecule has 0 amide bonds. The lowest BCUT2D eigenvalue weighted by Gasteiger charge is -2.09. The molecule has 2 N–H and O–H groups in total. The van der Waals surface area contributed by atoms with Crippen molar-refractivity contribution in [2.75, 3.05) is 12.3 Å². The SMILES string of the molecule is Cc1ccc(-n2c(N)c(C(=O)OCC(C)C)c3nc4ccccc4nc32)cc1. The molecule has 2 aromatic heterocycles. The van der Waals surface area contributed by atoms with E-state index in [0.717, 1.165) is 16.8 Å². The van der Waals surface area contributed by atoms with Crippen molar-refractivity contribution in [2.45, 2.75) is 20.8 Å². The number of hydrogen-bond donors (Lipinski definition) is 1. The first-order valence-electron chi connectivity index (χ1n) is 9.26. The lowest BCUT2D eigenvalue weighted by molar-refractivity contribution is 0.0462. The minimum Gasteiger partial charge on any atom is -0.462 e. The number of nitrogens with zero attached hydrogens (tertiary/aromatic N) is 3. The van der Waals surface area contributed by atoms with Crippen molar-refractivity contribution in [3.05, 3.63) is 59.7 Å². The number of carbonyl (C=O) groups is 1. The Kier molecular flexibility index (Phi) is 4.47. The summed E-state index contributed by atoms with van der Waals surface area (Å²) in [5.41, 5.74) is 11.1. The normalized spacial score (nSPS) is 11.4. The molecular weight excluding hydrogens is 352 g/mol. The van der Waals surface area contributed by atoms with Gasteiger partial charge >= 0.3 is 5.97 Å². The van der Waals surface area contributed by atoms with Crippen LogP contribution in [-0.2, 0) is 4.74 Å². The molecule has 0 radical (unpaired) electrons. The third-order valence-corrected chi connectivity index (χ3v) is 4.54. The first-order valence-corrected chi connectivity index (χ1v) is 9.26. The number of nitrogens with two attached hydrogens (primary N) is 1. The minimum absolute atomic E-state index is 0.225. The van der Waals surface area contributed by atoms with E-state index in [-0.39, 0.29) is 17.3 Å². The Morgan fingerprint density at radius 1 is 1.07 bits per heavy atom. The second-order valence-electron chi connectivity index (χ2n) is 7.31. The lowest BCUT2D eigenvalue weighted by atomic mass is 10.2. The number of ether oxygens (including phenoxy) is 1. The Morgan fingerprint density at radius 3 is 2.36 bits per heavy atom. The van der Waals surface area contributed by atoms with Crippen LogP contribution in [0.5, 0.6) is 0 Å². The van der Waals surface area contributed by atoms with Crippen molar-refractivity contribution in [3.63, 3.8) is 0 Å². The van der Waals surface area contributed by atoms with E-state index in [4.69, 9.17) is 15.5 Å². The summed E-state index contributed by atoms with van der Waals surface area (Å²) in [4.78, 5) is 22.3.